The fraction of sp³-hybridized carbons (Fsp3) is 0. The van der Waals surface area contributed by atoms with E-state index in [2.05, 4.69) is 425 Å². The van der Waals surface area contributed by atoms with Crippen molar-refractivity contribution in [2.45, 2.75) is 0 Å². The van der Waals surface area contributed by atoms with E-state index in [9.17, 15) is 0 Å². The average molecular weight is 1440 g/mol. The Morgan fingerprint density at radius 3 is 1.19 bits per heavy atom. The van der Waals surface area contributed by atoms with Crippen LogP contribution in [0, 0.1) is 0 Å². The van der Waals surface area contributed by atoms with Gasteiger partial charge in [-0.15, -0.1) is 0 Å². The van der Waals surface area contributed by atoms with Gasteiger partial charge < -0.3 is 38.7 Å². The zero-order valence-electron chi connectivity index (χ0n) is 61.3. The Balaban J connectivity index is 0.793. The van der Waals surface area contributed by atoms with Gasteiger partial charge in [0.05, 0.1) is 28.4 Å². The van der Waals surface area contributed by atoms with Crippen LogP contribution in [0.15, 0.2) is 400 Å². The van der Waals surface area contributed by atoms with Crippen LogP contribution in [0.2, 0.25) is 0 Å². The molecule has 0 saturated heterocycles. The first kappa shape index (κ1) is 64.3. The molecule has 17 aromatic carbocycles. The van der Waals surface area contributed by atoms with Gasteiger partial charge in [-0.05, 0) is 157 Å². The van der Waals surface area contributed by atoms with Gasteiger partial charge in [-0.3, -0.25) is 0 Å². The standard InChI is InChI=1S/C102H66B3N5O3/c1-8-34-67(35-9-1)76-48-22-28-54-84(76)107(72-44-18-6-19-45-72)75-61-91-98-95(63-75)111-94-65-89-82(64-83(94)103(98)79-51-25-32-58-88(79)109(91)85-55-29-23-49-77(85)68-36-10-2-11-37-68)104-81-53-27-33-59-93(81)113-102-100(104)92(110(89)86-56-30-24-50-78(86)69-38-12-3-13-39-69)66-97-101(102)105-80-52-26-31-57-87(80)108(73-46-20-7-21-47-73)90-60-74(62-96(112-97)99(90)105)106(70-40-14-4-15-41-70)71-42-16-5-17-43-71/h1-66H. The molecule has 6 heterocycles. The third kappa shape index (κ3) is 10.1. The molecule has 11 heteroatoms. The van der Waals surface area contributed by atoms with Crippen LogP contribution in [0.3, 0.4) is 0 Å². The summed E-state index contributed by atoms with van der Waals surface area (Å²) in [7, 11) is 0. The van der Waals surface area contributed by atoms with Crippen LogP contribution >= 0.6 is 0 Å². The minimum atomic E-state index is -0.344. The molecular formula is C102H66B3N5O3. The van der Waals surface area contributed by atoms with Gasteiger partial charge in [-0.1, -0.05) is 279 Å². The van der Waals surface area contributed by atoms with Crippen LogP contribution in [-0.4, -0.2) is 20.1 Å². The Morgan fingerprint density at radius 1 is 0.204 bits per heavy atom. The van der Waals surface area contributed by atoms with E-state index in [1.165, 1.54) is 5.46 Å². The van der Waals surface area contributed by atoms with Crippen molar-refractivity contribution in [3.05, 3.63) is 400 Å². The largest absolute Gasteiger partial charge is 0.459 e. The molecule has 0 atom stereocenters. The van der Waals surface area contributed by atoms with Crippen molar-refractivity contribution in [2.75, 3.05) is 24.5 Å². The molecule has 0 unspecified atom stereocenters. The van der Waals surface area contributed by atoms with Crippen molar-refractivity contribution < 1.29 is 14.2 Å². The molecule has 0 radical (unpaired) electrons. The molecule has 6 aliphatic rings. The van der Waals surface area contributed by atoms with Crippen LogP contribution in [-0.2, 0) is 0 Å². The molecule has 0 bridgehead atoms. The molecule has 0 N–H and O–H groups in total. The Bertz CT molecular complexity index is 6620. The van der Waals surface area contributed by atoms with E-state index in [-0.39, 0.29) is 20.1 Å². The van der Waals surface area contributed by atoms with E-state index in [4.69, 9.17) is 14.2 Å². The van der Waals surface area contributed by atoms with Crippen LogP contribution < -0.4 is 87.9 Å². The zero-order valence-corrected chi connectivity index (χ0v) is 61.3. The van der Waals surface area contributed by atoms with Crippen molar-refractivity contribution in [3.63, 3.8) is 0 Å². The van der Waals surface area contributed by atoms with E-state index < -0.39 is 0 Å². The summed E-state index contributed by atoms with van der Waals surface area (Å²) in [5.41, 5.74) is 31.7. The predicted molar refractivity (Wildman–Crippen MR) is 470 cm³/mol. The molecule has 0 fully saturated rings. The Labute approximate surface area is 657 Å². The third-order valence-electron chi connectivity index (χ3n) is 23.5. The van der Waals surface area contributed by atoms with Gasteiger partial charge in [-0.2, -0.15) is 0 Å². The summed E-state index contributed by atoms with van der Waals surface area (Å²) in [6.45, 7) is -0.988. The fourth-order valence-corrected chi connectivity index (χ4v) is 18.9. The lowest BCUT2D eigenvalue weighted by molar-refractivity contribution is 0.469. The van der Waals surface area contributed by atoms with Gasteiger partial charge in [0.1, 0.15) is 34.5 Å². The lowest BCUT2D eigenvalue weighted by atomic mass is 9.29. The van der Waals surface area contributed by atoms with E-state index in [0.29, 0.717) is 5.75 Å². The summed E-state index contributed by atoms with van der Waals surface area (Å²) in [5.74, 6) is 4.61. The second-order valence-electron chi connectivity index (χ2n) is 29.7. The quantitative estimate of drug-likeness (QED) is 0.112. The molecule has 0 aliphatic carbocycles. The molecule has 8 nitrogen and oxygen atoms in total. The Kier molecular flexibility index (Phi) is 14.8. The van der Waals surface area contributed by atoms with Gasteiger partial charge in [0.15, 0.2) is 0 Å². The first-order valence-electron chi connectivity index (χ1n) is 38.8. The average Bonchev–Trinajstić information content (AvgIpc) is 0.682. The summed E-state index contributed by atoms with van der Waals surface area (Å²) in [6.07, 6.45) is 0. The highest BCUT2D eigenvalue weighted by atomic mass is 16.5. The zero-order chi connectivity index (χ0) is 74.2. The van der Waals surface area contributed by atoms with E-state index in [1.54, 1.807) is 0 Å². The topological polar surface area (TPSA) is 43.9 Å². The summed E-state index contributed by atoms with van der Waals surface area (Å²) in [4.78, 5) is 12.2. The normalized spacial score (nSPS) is 13.1. The number of hydrogen-bond acceptors (Lipinski definition) is 8. The van der Waals surface area contributed by atoms with Crippen molar-refractivity contribution >= 4 is 155 Å². The monoisotopic (exact) mass is 1440 g/mol. The molecule has 0 spiro atoms. The second kappa shape index (κ2) is 26.0. The summed E-state index contributed by atoms with van der Waals surface area (Å²) >= 11 is 0. The molecular weight excluding hydrogens is 1380 g/mol. The van der Waals surface area contributed by atoms with Gasteiger partial charge in [0.25, 0.3) is 20.1 Å². The van der Waals surface area contributed by atoms with Crippen molar-refractivity contribution in [1.29, 1.82) is 0 Å². The maximum Gasteiger partial charge on any atom is 0.261 e. The molecule has 113 heavy (non-hydrogen) atoms. The molecule has 6 aliphatic heterocycles. The number of benzene rings is 17. The lowest BCUT2D eigenvalue weighted by Gasteiger charge is -2.45. The van der Waals surface area contributed by atoms with Gasteiger partial charge in [-0.25, -0.2) is 0 Å². The van der Waals surface area contributed by atoms with Crippen molar-refractivity contribution in [1.82, 2.24) is 0 Å². The first-order chi connectivity index (χ1) is 56.1. The third-order valence-corrected chi connectivity index (χ3v) is 23.5. The van der Waals surface area contributed by atoms with Crippen molar-refractivity contribution in [2.24, 2.45) is 0 Å². The highest BCUT2D eigenvalue weighted by Gasteiger charge is 2.52. The smallest absolute Gasteiger partial charge is 0.261 e. The number of para-hydroxylation sites is 10. The minimum absolute atomic E-state index is 0.301. The second-order valence-corrected chi connectivity index (χ2v) is 29.7. The van der Waals surface area contributed by atoms with Crippen molar-refractivity contribution in [3.8, 4) is 67.9 Å². The Hall–Kier alpha value is -14.7. The van der Waals surface area contributed by atoms with Crippen LogP contribution in [0.25, 0.3) is 33.4 Å². The maximum atomic E-state index is 8.05. The fourth-order valence-electron chi connectivity index (χ4n) is 18.9. The van der Waals surface area contributed by atoms with Crippen LogP contribution in [0.4, 0.5) is 85.3 Å². The minimum Gasteiger partial charge on any atom is -0.459 e. The van der Waals surface area contributed by atoms with Crippen LogP contribution in [0.1, 0.15) is 0 Å². The Morgan fingerprint density at radius 2 is 0.593 bits per heavy atom. The number of fused-ring (bicyclic) bond motifs is 13. The number of ether oxygens (including phenoxy) is 3. The summed E-state index contributed by atoms with van der Waals surface area (Å²) in [6, 6.07) is 145. The molecule has 0 saturated carbocycles. The number of hydrogen-bond donors (Lipinski definition) is 0. The SMILES string of the molecule is c1ccc(-c2ccccc2N(c2ccccc2)c2cc3c4c(c2)N(c2ccccc2-c2ccccc2)c2ccccc2B4c2cc4c(cc2O3)N(c2ccccc2-c2ccccc2)c2cc3c(c5c2B4c2ccccc2O5)B2c4ccccc4N(c4ccccc4)c4cc(N(c5ccccc5)c5ccccc5)cc(c42)O3)cc1. The lowest BCUT2D eigenvalue weighted by Crippen LogP contribution is -2.65. The van der Waals surface area contributed by atoms with Gasteiger partial charge in [0, 0.05) is 103 Å². The number of rotatable bonds is 12. The molecule has 526 valence electrons. The van der Waals surface area contributed by atoms with E-state index in [0.717, 1.165) is 191 Å². The molecule has 0 amide bonds. The van der Waals surface area contributed by atoms with Crippen LogP contribution in [0.5, 0.6) is 34.5 Å². The first-order valence-corrected chi connectivity index (χ1v) is 38.8. The highest BCUT2D eigenvalue weighted by molar-refractivity contribution is 7.04. The highest BCUT2D eigenvalue weighted by Crippen LogP contribution is 2.54. The number of anilines is 15. The maximum absolute atomic E-state index is 8.05. The molecule has 17 aromatic rings. The summed E-state index contributed by atoms with van der Waals surface area (Å²) < 4.78 is 23.9. The number of nitrogens with zero attached hydrogens (tertiary/aromatic N) is 5. The molecule has 0 aromatic heterocycles. The van der Waals surface area contributed by atoms with Gasteiger partial charge >= 0.3 is 0 Å². The predicted octanol–water partition coefficient (Wildman–Crippen LogP) is 20.8. The molecule has 23 rings (SSSR count). The van der Waals surface area contributed by atoms with E-state index >= 15 is 0 Å². The summed E-state index contributed by atoms with van der Waals surface area (Å²) in [5, 5.41) is 0. The van der Waals surface area contributed by atoms with E-state index in [1.807, 2.05) is 0 Å². The van der Waals surface area contributed by atoms with Gasteiger partial charge in [0.2, 0.25) is 0 Å².